The summed E-state index contributed by atoms with van der Waals surface area (Å²) in [5, 5.41) is 12.6. The number of rotatable bonds is 4. The molecule has 1 aromatic carbocycles. The van der Waals surface area contributed by atoms with Crippen LogP contribution in [0, 0.1) is 24.2 Å². The van der Waals surface area contributed by atoms with Crippen LogP contribution >= 0.6 is 11.6 Å². The molecule has 1 N–H and O–H groups in total. The molecule has 5 heteroatoms. The summed E-state index contributed by atoms with van der Waals surface area (Å²) in [6.07, 6.45) is 6.72. The van der Waals surface area contributed by atoms with Crippen LogP contribution in [0.4, 0.5) is 0 Å². The van der Waals surface area contributed by atoms with Gasteiger partial charge >= 0.3 is 0 Å². The fourth-order valence-corrected chi connectivity index (χ4v) is 3.74. The summed E-state index contributed by atoms with van der Waals surface area (Å²) in [6, 6.07) is 11.7. The fraction of sp³-hybridized carbons (Fsp3) is 0.381. The summed E-state index contributed by atoms with van der Waals surface area (Å²) in [7, 11) is 0. The van der Waals surface area contributed by atoms with E-state index < -0.39 is 0 Å². The first-order chi connectivity index (χ1) is 12.5. The van der Waals surface area contributed by atoms with Crippen molar-refractivity contribution in [1.82, 2.24) is 10.3 Å². The van der Waals surface area contributed by atoms with Crippen molar-refractivity contribution in [3.05, 3.63) is 63.9 Å². The maximum atomic E-state index is 12.3. The monoisotopic (exact) mass is 367 g/mol. The molecule has 2 aromatic rings. The number of hydrogen-bond acceptors (Lipinski definition) is 3. The molecule has 1 aromatic heterocycles. The van der Waals surface area contributed by atoms with Crippen LogP contribution in [0.15, 0.2) is 36.5 Å². The Bertz CT molecular complexity index is 818. The second kappa shape index (κ2) is 8.33. The van der Waals surface area contributed by atoms with Crippen LogP contribution in [-0.2, 0) is 6.42 Å². The van der Waals surface area contributed by atoms with E-state index in [4.69, 9.17) is 16.9 Å². The van der Waals surface area contributed by atoms with Crippen LogP contribution in [0.2, 0.25) is 5.02 Å². The quantitative estimate of drug-likeness (QED) is 0.868. The Kier molecular flexibility index (Phi) is 5.90. The van der Waals surface area contributed by atoms with E-state index in [0.717, 1.165) is 37.8 Å². The Morgan fingerprint density at radius 2 is 2.04 bits per heavy atom. The number of nitrogens with one attached hydrogen (secondary N) is 1. The minimum atomic E-state index is -0.0418. The summed E-state index contributed by atoms with van der Waals surface area (Å²) < 4.78 is 0. The second-order valence-corrected chi connectivity index (χ2v) is 7.42. The third kappa shape index (κ3) is 4.62. The van der Waals surface area contributed by atoms with E-state index in [1.54, 1.807) is 12.3 Å². The molecule has 26 heavy (non-hydrogen) atoms. The lowest BCUT2D eigenvalue weighted by Crippen LogP contribution is -2.37. The van der Waals surface area contributed by atoms with Gasteiger partial charge in [-0.2, -0.15) is 5.26 Å². The summed E-state index contributed by atoms with van der Waals surface area (Å²) in [5.41, 5.74) is 3.22. The first-order valence-corrected chi connectivity index (χ1v) is 9.35. The van der Waals surface area contributed by atoms with Gasteiger partial charge in [-0.25, -0.2) is 0 Å². The molecule has 0 unspecified atom stereocenters. The normalized spacial score (nSPS) is 19.6. The van der Waals surface area contributed by atoms with Crippen molar-refractivity contribution in [3.63, 3.8) is 0 Å². The van der Waals surface area contributed by atoms with Crippen LogP contribution in [0.1, 0.15) is 52.9 Å². The van der Waals surface area contributed by atoms with E-state index >= 15 is 0 Å². The SMILES string of the molecule is Cc1ccc(C(=O)NC2CCC(Cc3ccc(C#N)c(Cl)c3)CC2)cn1. The first-order valence-electron chi connectivity index (χ1n) is 8.97. The zero-order valence-electron chi connectivity index (χ0n) is 14.8. The van der Waals surface area contributed by atoms with E-state index in [1.165, 1.54) is 5.56 Å². The maximum Gasteiger partial charge on any atom is 0.253 e. The topological polar surface area (TPSA) is 65.8 Å². The van der Waals surface area contributed by atoms with E-state index in [1.807, 2.05) is 31.2 Å². The lowest BCUT2D eigenvalue weighted by Gasteiger charge is -2.29. The van der Waals surface area contributed by atoms with Crippen molar-refractivity contribution in [3.8, 4) is 6.07 Å². The highest BCUT2D eigenvalue weighted by Crippen LogP contribution is 2.29. The summed E-state index contributed by atoms with van der Waals surface area (Å²) in [6.45, 7) is 1.91. The maximum absolute atomic E-state index is 12.3. The van der Waals surface area contributed by atoms with Crippen LogP contribution in [0.5, 0.6) is 0 Å². The number of nitrogens with zero attached hydrogens (tertiary/aromatic N) is 2. The molecule has 1 amide bonds. The summed E-state index contributed by atoms with van der Waals surface area (Å²) >= 11 is 6.12. The minimum Gasteiger partial charge on any atom is -0.349 e. The van der Waals surface area contributed by atoms with Crippen molar-refractivity contribution >= 4 is 17.5 Å². The standard InChI is InChI=1S/C21H22ClN3O/c1-14-2-6-18(13-24-14)21(26)25-19-8-4-15(5-9-19)10-16-3-7-17(12-23)20(22)11-16/h2-3,6-7,11,13,15,19H,4-5,8-10H2,1H3,(H,25,26). The molecule has 0 bridgehead atoms. The molecule has 1 aliphatic carbocycles. The van der Waals surface area contributed by atoms with E-state index in [2.05, 4.69) is 16.4 Å². The number of carbonyl (C=O) groups excluding carboxylic acids is 1. The molecule has 3 rings (SSSR count). The van der Waals surface area contributed by atoms with Gasteiger partial charge in [0.1, 0.15) is 6.07 Å². The molecule has 1 saturated carbocycles. The van der Waals surface area contributed by atoms with Gasteiger partial charge < -0.3 is 5.32 Å². The lowest BCUT2D eigenvalue weighted by atomic mass is 9.82. The number of hydrogen-bond donors (Lipinski definition) is 1. The van der Waals surface area contributed by atoms with Crippen molar-refractivity contribution in [2.24, 2.45) is 5.92 Å². The van der Waals surface area contributed by atoms with Crippen LogP contribution < -0.4 is 5.32 Å². The highest BCUT2D eigenvalue weighted by Gasteiger charge is 2.23. The molecule has 0 saturated heterocycles. The average molecular weight is 368 g/mol. The van der Waals surface area contributed by atoms with Gasteiger partial charge in [0.05, 0.1) is 16.1 Å². The van der Waals surface area contributed by atoms with Gasteiger partial charge in [-0.3, -0.25) is 9.78 Å². The molecule has 1 heterocycles. The largest absolute Gasteiger partial charge is 0.349 e. The predicted octanol–water partition coefficient (Wildman–Crippen LogP) is 4.45. The molecular formula is C21H22ClN3O. The summed E-state index contributed by atoms with van der Waals surface area (Å²) in [4.78, 5) is 16.5. The van der Waals surface area contributed by atoms with Gasteiger partial charge in [0.15, 0.2) is 0 Å². The van der Waals surface area contributed by atoms with Crippen molar-refractivity contribution in [2.45, 2.75) is 45.1 Å². The Morgan fingerprint density at radius 3 is 2.65 bits per heavy atom. The third-order valence-corrected chi connectivity index (χ3v) is 5.35. The predicted molar refractivity (Wildman–Crippen MR) is 102 cm³/mol. The molecule has 1 fully saturated rings. The molecule has 0 atom stereocenters. The van der Waals surface area contributed by atoms with Crippen LogP contribution in [0.25, 0.3) is 0 Å². The number of aryl methyl sites for hydroxylation is 1. The number of amides is 1. The summed E-state index contributed by atoms with van der Waals surface area (Å²) in [5.74, 6) is 0.549. The molecule has 0 aliphatic heterocycles. The highest BCUT2D eigenvalue weighted by atomic mass is 35.5. The number of benzene rings is 1. The molecule has 1 aliphatic rings. The number of carbonyl (C=O) groups is 1. The van der Waals surface area contributed by atoms with Crippen molar-refractivity contribution in [2.75, 3.05) is 0 Å². The Labute approximate surface area is 159 Å². The molecular weight excluding hydrogens is 346 g/mol. The van der Waals surface area contributed by atoms with Crippen molar-refractivity contribution in [1.29, 1.82) is 5.26 Å². The Morgan fingerprint density at radius 1 is 1.27 bits per heavy atom. The van der Waals surface area contributed by atoms with Gasteiger partial charge in [-0.15, -0.1) is 0 Å². The van der Waals surface area contributed by atoms with Crippen LogP contribution in [0.3, 0.4) is 0 Å². The Balaban J connectivity index is 1.49. The smallest absolute Gasteiger partial charge is 0.253 e. The van der Waals surface area contributed by atoms with Gasteiger partial charge in [0.25, 0.3) is 5.91 Å². The average Bonchev–Trinajstić information content (AvgIpc) is 2.64. The zero-order valence-corrected chi connectivity index (χ0v) is 15.6. The zero-order chi connectivity index (χ0) is 18.5. The lowest BCUT2D eigenvalue weighted by molar-refractivity contribution is 0.0921. The highest BCUT2D eigenvalue weighted by molar-refractivity contribution is 6.31. The van der Waals surface area contributed by atoms with E-state index in [0.29, 0.717) is 22.1 Å². The second-order valence-electron chi connectivity index (χ2n) is 7.01. The number of pyridine rings is 1. The van der Waals surface area contributed by atoms with E-state index in [-0.39, 0.29) is 11.9 Å². The number of halogens is 1. The van der Waals surface area contributed by atoms with Crippen LogP contribution in [-0.4, -0.2) is 16.9 Å². The Hall–Kier alpha value is -2.38. The fourth-order valence-electron chi connectivity index (χ4n) is 3.49. The van der Waals surface area contributed by atoms with Gasteiger partial charge in [-0.05, 0) is 74.8 Å². The van der Waals surface area contributed by atoms with Gasteiger partial charge in [0.2, 0.25) is 0 Å². The molecule has 0 radical (unpaired) electrons. The van der Waals surface area contributed by atoms with E-state index in [9.17, 15) is 4.79 Å². The number of aromatic nitrogens is 1. The molecule has 0 spiro atoms. The molecule has 4 nitrogen and oxygen atoms in total. The third-order valence-electron chi connectivity index (χ3n) is 5.03. The number of nitriles is 1. The van der Waals surface area contributed by atoms with Crippen molar-refractivity contribution < 1.29 is 4.79 Å². The minimum absolute atomic E-state index is 0.0418. The first kappa shape index (κ1) is 18.4. The molecule has 134 valence electrons. The van der Waals surface area contributed by atoms with Gasteiger partial charge in [-0.1, -0.05) is 17.7 Å². The van der Waals surface area contributed by atoms with Gasteiger partial charge in [0, 0.05) is 17.9 Å².